The number of ether oxygens (including phenoxy) is 8. The van der Waals surface area contributed by atoms with Crippen LogP contribution in [0.4, 0.5) is 5.95 Å². The van der Waals surface area contributed by atoms with Gasteiger partial charge in [0.05, 0.1) is 123 Å². The lowest BCUT2D eigenvalue weighted by Gasteiger charge is -2.39. The average Bonchev–Trinajstić information content (AvgIpc) is 3.97. The number of hydrogen-bond acceptors (Lipinski definition) is 19. The van der Waals surface area contributed by atoms with Crippen molar-refractivity contribution in [2.24, 2.45) is 21.9 Å². The summed E-state index contributed by atoms with van der Waals surface area (Å²) in [6.07, 6.45) is 10.9. The second-order valence-corrected chi connectivity index (χ2v) is 19.8. The number of amides is 1. The molecule has 76 heavy (non-hydrogen) atoms. The lowest BCUT2D eigenvalue weighted by Crippen LogP contribution is -2.47. The lowest BCUT2D eigenvalue weighted by molar-refractivity contribution is -0.00400. The molecule has 0 bridgehead atoms. The van der Waals surface area contributed by atoms with Crippen LogP contribution in [-0.2, 0) is 37.9 Å². The monoisotopic (exact) mass is 1070 g/mol. The van der Waals surface area contributed by atoms with Crippen LogP contribution in [0.25, 0.3) is 0 Å². The van der Waals surface area contributed by atoms with E-state index in [9.17, 15) is 9.90 Å². The first kappa shape index (κ1) is 62.3. The number of anilines is 1. The maximum Gasteiger partial charge on any atom is 0.254 e. The molecule has 426 valence electrons. The van der Waals surface area contributed by atoms with Crippen molar-refractivity contribution in [2.75, 3.05) is 143 Å². The molecular formula is C55H91N11O10. The summed E-state index contributed by atoms with van der Waals surface area (Å²) in [5.41, 5.74) is 2.37. The predicted molar refractivity (Wildman–Crippen MR) is 294 cm³/mol. The van der Waals surface area contributed by atoms with Gasteiger partial charge in [0.25, 0.3) is 5.91 Å². The number of nitrogens with two attached hydrogens (primary N) is 1. The second kappa shape index (κ2) is 36.5. The number of nitrogens with zero attached hydrogens (tertiary/aromatic N) is 9. The number of nitrogens with one attached hydrogen (secondary N) is 1. The SMILES string of the molecule is CCC(C)C(CCN1C(C)CCC1CC(C)n1c(C)nnc1C1CN(c2ncc(C(=O)NCCOCCOCCOCCOC/C(C=NCCOCCOCCOCCOCCC(C)O)=N/N)cn2)C1)c1ccccc1. The third-order valence-corrected chi connectivity index (χ3v) is 14.1. The molecule has 2 aromatic heterocycles. The minimum Gasteiger partial charge on any atom is -0.393 e. The molecule has 21 heteroatoms. The largest absolute Gasteiger partial charge is 0.393 e. The van der Waals surface area contributed by atoms with Crippen molar-refractivity contribution in [2.45, 2.75) is 116 Å². The Labute approximate surface area is 452 Å². The summed E-state index contributed by atoms with van der Waals surface area (Å²) >= 11 is 0. The minimum atomic E-state index is -0.351. The van der Waals surface area contributed by atoms with E-state index in [0.29, 0.717) is 160 Å². The van der Waals surface area contributed by atoms with Crippen LogP contribution in [0.1, 0.15) is 119 Å². The van der Waals surface area contributed by atoms with Crippen LogP contribution in [-0.4, -0.2) is 209 Å². The number of aromatic nitrogens is 5. The van der Waals surface area contributed by atoms with Gasteiger partial charge in [0, 0.05) is 63.0 Å². The van der Waals surface area contributed by atoms with Crippen molar-refractivity contribution < 1.29 is 47.8 Å². The summed E-state index contributed by atoms with van der Waals surface area (Å²) in [6, 6.07) is 12.5. The highest BCUT2D eigenvalue weighted by Gasteiger charge is 2.37. The lowest BCUT2D eigenvalue weighted by atomic mass is 9.83. The summed E-state index contributed by atoms with van der Waals surface area (Å²) < 4.78 is 46.5. The third kappa shape index (κ3) is 22.4. The van der Waals surface area contributed by atoms with Gasteiger partial charge in [-0.05, 0) is 83.7 Å². The molecule has 4 heterocycles. The molecular weight excluding hydrogens is 975 g/mol. The molecule has 0 aliphatic carbocycles. The fraction of sp³-hybridized carbons (Fsp3) is 0.727. The van der Waals surface area contributed by atoms with Crippen LogP contribution < -0.4 is 16.1 Å². The van der Waals surface area contributed by atoms with Gasteiger partial charge < -0.3 is 63.6 Å². The number of rotatable bonds is 42. The van der Waals surface area contributed by atoms with E-state index in [1.54, 1.807) is 25.5 Å². The Hall–Kier alpha value is -4.55. The van der Waals surface area contributed by atoms with Crippen LogP contribution >= 0.6 is 0 Å². The Kier molecular flexibility index (Phi) is 29.9. The summed E-state index contributed by atoms with van der Waals surface area (Å²) in [5.74, 6) is 9.24. The molecule has 2 fully saturated rings. The Morgan fingerprint density at radius 1 is 0.803 bits per heavy atom. The quantitative estimate of drug-likeness (QED) is 0.0292. The van der Waals surface area contributed by atoms with Gasteiger partial charge in [-0.25, -0.2) is 9.97 Å². The van der Waals surface area contributed by atoms with Crippen molar-refractivity contribution in [3.63, 3.8) is 0 Å². The maximum atomic E-state index is 12.8. The number of benzene rings is 1. The maximum absolute atomic E-state index is 12.8. The van der Waals surface area contributed by atoms with Gasteiger partial charge in [-0.1, -0.05) is 50.6 Å². The molecule has 21 nitrogen and oxygen atoms in total. The van der Waals surface area contributed by atoms with Crippen LogP contribution in [0.2, 0.25) is 0 Å². The molecule has 0 spiro atoms. The molecule has 6 unspecified atom stereocenters. The van der Waals surface area contributed by atoms with Gasteiger partial charge in [0.15, 0.2) is 0 Å². The predicted octanol–water partition coefficient (Wildman–Crippen LogP) is 5.02. The fourth-order valence-corrected chi connectivity index (χ4v) is 9.53. The van der Waals surface area contributed by atoms with Crippen molar-refractivity contribution in [3.05, 3.63) is 65.5 Å². The van der Waals surface area contributed by atoms with Gasteiger partial charge in [-0.15, -0.1) is 10.2 Å². The molecule has 1 amide bonds. The number of aliphatic hydroxyl groups excluding tert-OH is 1. The third-order valence-electron chi connectivity index (χ3n) is 14.1. The smallest absolute Gasteiger partial charge is 0.254 e. The number of likely N-dealkylation sites (tertiary alicyclic amines) is 1. The number of aliphatic imine (C=N–C) groups is 1. The molecule has 0 radical (unpaired) electrons. The summed E-state index contributed by atoms with van der Waals surface area (Å²) in [6.45, 7) is 23.4. The zero-order valence-corrected chi connectivity index (χ0v) is 46.5. The molecule has 1 aromatic carbocycles. The standard InChI is InChI=1S/C55H91N11O10/c1-7-42(2)52(47-11-9-8-10-12-47)15-19-65-43(3)13-14-51(65)35-44(4)66-46(6)62-63-53(66)49-39-64(40-49)55-59-36-48(37-60-55)54(68)58-18-22-71-25-28-74-31-32-75-33-34-76-41-50(61-56)38-57-17-21-70-24-27-73-30-29-72-26-23-69-20-16-45(5)67/h8-12,36-38,42-45,49,51-52,67H,7,13-35,39-41,56H2,1-6H3,(H,58,68)/b57-38?,61-50+. The topological polar surface area (TPSA) is 237 Å². The number of aryl methyl sites for hydroxylation is 1. The van der Waals surface area contributed by atoms with Gasteiger partial charge in [-0.3, -0.25) is 14.7 Å². The molecule has 2 aliphatic heterocycles. The highest BCUT2D eigenvalue weighted by Crippen LogP contribution is 2.36. The summed E-state index contributed by atoms with van der Waals surface area (Å²) in [5, 5.41) is 25.0. The van der Waals surface area contributed by atoms with Crippen molar-refractivity contribution in [1.82, 2.24) is 34.9 Å². The number of hydrogen-bond donors (Lipinski definition) is 3. The molecule has 3 aromatic rings. The van der Waals surface area contributed by atoms with Crippen LogP contribution in [0.15, 0.2) is 52.8 Å². The van der Waals surface area contributed by atoms with E-state index in [1.807, 2.05) is 0 Å². The number of hydrazone groups is 1. The number of aliphatic hydroxyl groups is 1. The Morgan fingerprint density at radius 3 is 2.00 bits per heavy atom. The summed E-state index contributed by atoms with van der Waals surface area (Å²) in [7, 11) is 0. The average molecular weight is 1070 g/mol. The van der Waals surface area contributed by atoms with Crippen LogP contribution in [0, 0.1) is 12.8 Å². The fourth-order valence-electron chi connectivity index (χ4n) is 9.53. The normalized spacial score (nSPS) is 18.1. The number of carbonyl (C=O) groups excluding carboxylic acids is 1. The highest BCUT2D eigenvalue weighted by atomic mass is 16.6. The molecule has 2 saturated heterocycles. The van der Waals surface area contributed by atoms with Gasteiger partial charge in [0.1, 0.15) is 17.4 Å². The van der Waals surface area contributed by atoms with E-state index < -0.39 is 0 Å². The van der Waals surface area contributed by atoms with Crippen LogP contribution in [0.3, 0.4) is 0 Å². The van der Waals surface area contributed by atoms with Gasteiger partial charge in [-0.2, -0.15) is 5.10 Å². The van der Waals surface area contributed by atoms with E-state index in [2.05, 4.69) is 110 Å². The van der Waals surface area contributed by atoms with Crippen LogP contribution in [0.5, 0.6) is 0 Å². The molecule has 0 saturated carbocycles. The first-order valence-electron chi connectivity index (χ1n) is 27.7. The molecule has 6 atom stereocenters. The number of carbonyl (C=O) groups is 1. The molecule has 4 N–H and O–H groups in total. The van der Waals surface area contributed by atoms with E-state index >= 15 is 0 Å². The Balaban J connectivity index is 0.841. The molecule has 2 aliphatic rings. The first-order valence-corrected chi connectivity index (χ1v) is 27.7. The van der Waals surface area contributed by atoms with Crippen molar-refractivity contribution in [1.29, 1.82) is 0 Å². The van der Waals surface area contributed by atoms with E-state index in [-0.39, 0.29) is 30.6 Å². The van der Waals surface area contributed by atoms with E-state index in [4.69, 9.17) is 48.8 Å². The zero-order chi connectivity index (χ0) is 54.2. The Morgan fingerprint density at radius 2 is 1.39 bits per heavy atom. The Bertz CT molecular complexity index is 2060. The highest BCUT2D eigenvalue weighted by molar-refractivity contribution is 6.31. The first-order chi connectivity index (χ1) is 37.1. The molecule has 5 rings (SSSR count). The summed E-state index contributed by atoms with van der Waals surface area (Å²) in [4.78, 5) is 31.1. The van der Waals surface area contributed by atoms with E-state index in [1.165, 1.54) is 31.2 Å². The zero-order valence-electron chi connectivity index (χ0n) is 46.5. The minimum absolute atomic E-state index is 0.212. The van der Waals surface area contributed by atoms with Crippen molar-refractivity contribution >= 4 is 23.8 Å². The van der Waals surface area contributed by atoms with Gasteiger partial charge >= 0.3 is 0 Å². The van der Waals surface area contributed by atoms with E-state index in [0.717, 1.165) is 37.7 Å². The van der Waals surface area contributed by atoms with Crippen molar-refractivity contribution in [3.8, 4) is 0 Å². The van der Waals surface area contributed by atoms with Gasteiger partial charge in [0.2, 0.25) is 5.95 Å². The second-order valence-electron chi connectivity index (χ2n) is 19.8.